The van der Waals surface area contributed by atoms with Gasteiger partial charge in [0.05, 0.1) is 13.2 Å². The van der Waals surface area contributed by atoms with Crippen LogP contribution in [0.15, 0.2) is 36.4 Å². The monoisotopic (exact) mass is 332 g/mol. The largest absolute Gasteiger partial charge is 0.494 e. The summed E-state index contributed by atoms with van der Waals surface area (Å²) in [6.07, 6.45) is 0. The zero-order valence-corrected chi connectivity index (χ0v) is 14.6. The summed E-state index contributed by atoms with van der Waals surface area (Å²) >= 11 is 5.36. The Morgan fingerprint density at radius 2 is 1.96 bits per heavy atom. The number of rotatable bonds is 4. The van der Waals surface area contributed by atoms with E-state index in [9.17, 15) is 4.39 Å². The van der Waals surface area contributed by atoms with Crippen LogP contribution in [0.3, 0.4) is 0 Å². The standard InChI is InChI=1S/C18H21FN2OS/c1-11-6-5-7-16(12(11)2)21-18(23)20-13(3)14-8-9-17(22-4)15(19)10-14/h5-10,13H,1-4H3,(H2,20,21,23)/t13-/m0/s1. The third kappa shape index (κ3) is 4.20. The van der Waals surface area contributed by atoms with E-state index in [1.54, 1.807) is 6.07 Å². The van der Waals surface area contributed by atoms with Crippen molar-refractivity contribution >= 4 is 23.0 Å². The predicted octanol–water partition coefficient (Wildman–Crippen LogP) is 4.50. The van der Waals surface area contributed by atoms with E-state index < -0.39 is 0 Å². The number of halogens is 1. The van der Waals surface area contributed by atoms with Gasteiger partial charge in [-0.15, -0.1) is 0 Å². The molecule has 0 heterocycles. The predicted molar refractivity (Wildman–Crippen MR) is 96.6 cm³/mol. The molecule has 0 aromatic heterocycles. The van der Waals surface area contributed by atoms with Gasteiger partial charge in [-0.1, -0.05) is 18.2 Å². The van der Waals surface area contributed by atoms with Crippen LogP contribution in [0.5, 0.6) is 5.75 Å². The van der Waals surface area contributed by atoms with Crippen LogP contribution in [0.4, 0.5) is 10.1 Å². The van der Waals surface area contributed by atoms with Crippen molar-refractivity contribution in [2.24, 2.45) is 0 Å². The Balaban J connectivity index is 2.05. The first-order valence-electron chi connectivity index (χ1n) is 7.39. The third-order valence-corrected chi connectivity index (χ3v) is 4.10. The Labute approximate surface area is 141 Å². The first-order valence-corrected chi connectivity index (χ1v) is 7.80. The van der Waals surface area contributed by atoms with Crippen LogP contribution >= 0.6 is 12.2 Å². The Hall–Kier alpha value is -2.14. The average molecular weight is 332 g/mol. The zero-order valence-electron chi connectivity index (χ0n) is 13.7. The summed E-state index contributed by atoms with van der Waals surface area (Å²) in [5.41, 5.74) is 4.12. The highest BCUT2D eigenvalue weighted by molar-refractivity contribution is 7.80. The summed E-state index contributed by atoms with van der Waals surface area (Å²) < 4.78 is 18.7. The number of hydrogen-bond donors (Lipinski definition) is 2. The lowest BCUT2D eigenvalue weighted by Crippen LogP contribution is -2.31. The molecule has 2 N–H and O–H groups in total. The second-order valence-electron chi connectivity index (χ2n) is 5.46. The molecule has 2 rings (SSSR count). The highest BCUT2D eigenvalue weighted by atomic mass is 32.1. The summed E-state index contributed by atoms with van der Waals surface area (Å²) in [6, 6.07) is 10.8. The quantitative estimate of drug-likeness (QED) is 0.808. The molecular weight excluding hydrogens is 311 g/mol. The van der Waals surface area contributed by atoms with Gasteiger partial charge in [0.25, 0.3) is 0 Å². The van der Waals surface area contributed by atoms with Gasteiger partial charge in [0.2, 0.25) is 0 Å². The molecule has 0 saturated heterocycles. The summed E-state index contributed by atoms with van der Waals surface area (Å²) in [7, 11) is 1.45. The summed E-state index contributed by atoms with van der Waals surface area (Å²) in [5, 5.41) is 6.86. The molecule has 23 heavy (non-hydrogen) atoms. The van der Waals surface area contributed by atoms with E-state index in [4.69, 9.17) is 17.0 Å². The number of benzene rings is 2. The number of anilines is 1. The zero-order chi connectivity index (χ0) is 17.0. The molecule has 0 aliphatic rings. The maximum Gasteiger partial charge on any atom is 0.171 e. The normalized spacial score (nSPS) is 11.7. The molecule has 0 aliphatic carbocycles. The highest BCUT2D eigenvalue weighted by Crippen LogP contribution is 2.22. The fourth-order valence-corrected chi connectivity index (χ4v) is 2.56. The van der Waals surface area contributed by atoms with E-state index in [1.165, 1.54) is 18.7 Å². The van der Waals surface area contributed by atoms with Crippen molar-refractivity contribution in [2.45, 2.75) is 26.8 Å². The van der Waals surface area contributed by atoms with Gasteiger partial charge in [-0.25, -0.2) is 4.39 Å². The summed E-state index contributed by atoms with van der Waals surface area (Å²) in [5.74, 6) is -0.149. The van der Waals surface area contributed by atoms with E-state index in [-0.39, 0.29) is 17.6 Å². The molecule has 0 fully saturated rings. The van der Waals surface area contributed by atoms with Crippen molar-refractivity contribution < 1.29 is 9.13 Å². The molecule has 3 nitrogen and oxygen atoms in total. The van der Waals surface area contributed by atoms with Gasteiger partial charge in [-0.05, 0) is 67.9 Å². The van der Waals surface area contributed by atoms with Gasteiger partial charge < -0.3 is 15.4 Å². The Kier molecular flexibility index (Phi) is 5.55. The number of hydrogen-bond acceptors (Lipinski definition) is 2. The average Bonchev–Trinajstić information content (AvgIpc) is 2.51. The molecule has 0 aliphatic heterocycles. The molecule has 122 valence electrons. The molecule has 0 spiro atoms. The maximum atomic E-state index is 13.8. The lowest BCUT2D eigenvalue weighted by molar-refractivity contribution is 0.386. The molecule has 0 radical (unpaired) electrons. The van der Waals surface area contributed by atoms with Crippen molar-refractivity contribution in [1.29, 1.82) is 0 Å². The van der Waals surface area contributed by atoms with E-state index in [0.29, 0.717) is 5.11 Å². The first kappa shape index (κ1) is 17.2. The highest BCUT2D eigenvalue weighted by Gasteiger charge is 2.11. The molecule has 1 atom stereocenters. The smallest absolute Gasteiger partial charge is 0.171 e. The Morgan fingerprint density at radius 1 is 1.22 bits per heavy atom. The van der Waals surface area contributed by atoms with Crippen molar-refractivity contribution in [3.05, 3.63) is 58.9 Å². The van der Waals surface area contributed by atoms with Gasteiger partial charge in [-0.3, -0.25) is 0 Å². The van der Waals surface area contributed by atoms with Crippen molar-refractivity contribution in [3.8, 4) is 5.75 Å². The van der Waals surface area contributed by atoms with Gasteiger partial charge in [0, 0.05) is 5.69 Å². The van der Waals surface area contributed by atoms with E-state index in [2.05, 4.69) is 23.6 Å². The fraction of sp³-hybridized carbons (Fsp3) is 0.278. The van der Waals surface area contributed by atoms with E-state index in [1.807, 2.05) is 32.0 Å². The summed E-state index contributed by atoms with van der Waals surface area (Å²) in [4.78, 5) is 0. The number of thiocarbonyl (C=S) groups is 1. The van der Waals surface area contributed by atoms with Crippen LogP contribution in [0.25, 0.3) is 0 Å². The minimum Gasteiger partial charge on any atom is -0.494 e. The van der Waals surface area contributed by atoms with Crippen LogP contribution < -0.4 is 15.4 Å². The fourth-order valence-electron chi connectivity index (χ4n) is 2.28. The van der Waals surface area contributed by atoms with Gasteiger partial charge in [-0.2, -0.15) is 0 Å². The van der Waals surface area contributed by atoms with Crippen molar-refractivity contribution in [1.82, 2.24) is 5.32 Å². The van der Waals surface area contributed by atoms with E-state index >= 15 is 0 Å². The topological polar surface area (TPSA) is 33.3 Å². The van der Waals surface area contributed by atoms with Gasteiger partial charge >= 0.3 is 0 Å². The maximum absolute atomic E-state index is 13.8. The molecule has 0 bridgehead atoms. The van der Waals surface area contributed by atoms with Gasteiger partial charge in [0.15, 0.2) is 16.7 Å². The second-order valence-corrected chi connectivity index (χ2v) is 5.87. The Morgan fingerprint density at radius 3 is 2.61 bits per heavy atom. The van der Waals surface area contributed by atoms with Crippen LogP contribution in [0.2, 0.25) is 0 Å². The summed E-state index contributed by atoms with van der Waals surface area (Å²) in [6.45, 7) is 6.03. The number of nitrogens with one attached hydrogen (secondary N) is 2. The number of ether oxygens (including phenoxy) is 1. The SMILES string of the molecule is COc1ccc([C@H](C)NC(=S)Nc2cccc(C)c2C)cc1F. The van der Waals surface area contributed by atoms with Crippen LogP contribution in [-0.2, 0) is 0 Å². The lowest BCUT2D eigenvalue weighted by atomic mass is 10.1. The molecule has 2 aromatic carbocycles. The Bertz CT molecular complexity index is 718. The minimum atomic E-state index is -0.382. The minimum absolute atomic E-state index is 0.125. The van der Waals surface area contributed by atoms with Crippen LogP contribution in [0.1, 0.15) is 29.7 Å². The molecular formula is C18H21FN2OS. The van der Waals surface area contributed by atoms with E-state index in [0.717, 1.165) is 16.8 Å². The second kappa shape index (κ2) is 7.42. The number of methoxy groups -OCH3 is 1. The van der Waals surface area contributed by atoms with Crippen molar-refractivity contribution in [2.75, 3.05) is 12.4 Å². The third-order valence-electron chi connectivity index (χ3n) is 3.88. The lowest BCUT2D eigenvalue weighted by Gasteiger charge is -2.19. The van der Waals surface area contributed by atoms with Crippen LogP contribution in [-0.4, -0.2) is 12.2 Å². The number of aryl methyl sites for hydroxylation is 1. The van der Waals surface area contributed by atoms with Crippen LogP contribution in [0, 0.1) is 19.7 Å². The molecule has 5 heteroatoms. The molecule has 2 aromatic rings. The van der Waals surface area contributed by atoms with Crippen molar-refractivity contribution in [3.63, 3.8) is 0 Å². The first-order chi connectivity index (χ1) is 10.9. The molecule has 0 amide bonds. The molecule has 0 saturated carbocycles. The molecule has 0 unspecified atom stereocenters. The van der Waals surface area contributed by atoms with Gasteiger partial charge in [0.1, 0.15) is 0 Å².